The molecule has 4 rings (SSSR count). The molecule has 0 aliphatic heterocycles. The summed E-state index contributed by atoms with van der Waals surface area (Å²) in [6.07, 6.45) is 3.59. The van der Waals surface area contributed by atoms with Crippen LogP contribution in [0.25, 0.3) is 11.6 Å². The average Bonchev–Trinajstić information content (AvgIpc) is 3.22. The normalized spacial score (nSPS) is 16.8. The zero-order valence-electron chi connectivity index (χ0n) is 13.8. The molecular weight excluding hydrogens is 306 g/mol. The summed E-state index contributed by atoms with van der Waals surface area (Å²) >= 11 is 0. The molecule has 1 aliphatic carbocycles. The highest BCUT2D eigenvalue weighted by Crippen LogP contribution is 2.32. The van der Waals surface area contributed by atoms with Crippen molar-refractivity contribution < 1.29 is 13.7 Å². The van der Waals surface area contributed by atoms with Gasteiger partial charge in [-0.25, -0.2) is 0 Å². The number of aromatic nitrogens is 3. The molecule has 124 valence electrons. The molecule has 1 aromatic carbocycles. The number of hydrogen-bond acceptors (Lipinski definition) is 6. The fourth-order valence-electron chi connectivity index (χ4n) is 3.08. The van der Waals surface area contributed by atoms with Crippen LogP contribution in [-0.2, 0) is 19.3 Å². The van der Waals surface area contributed by atoms with Crippen LogP contribution in [0.15, 0.2) is 33.2 Å². The van der Waals surface area contributed by atoms with Crippen molar-refractivity contribution in [3.63, 3.8) is 0 Å². The Kier molecular flexibility index (Phi) is 3.80. The largest absolute Gasteiger partial charge is 0.497 e. The monoisotopic (exact) mass is 325 g/mol. The fourth-order valence-corrected chi connectivity index (χ4v) is 3.08. The van der Waals surface area contributed by atoms with Crippen LogP contribution in [0.3, 0.4) is 0 Å². The van der Waals surface area contributed by atoms with Gasteiger partial charge in [0.05, 0.1) is 13.5 Å². The highest BCUT2D eigenvalue weighted by molar-refractivity contribution is 5.54. The molecule has 6 heteroatoms. The lowest BCUT2D eigenvalue weighted by atomic mass is 9.88. The molecule has 1 aliphatic rings. The Labute approximate surface area is 139 Å². The highest BCUT2D eigenvalue weighted by Gasteiger charge is 2.26. The topological polar surface area (TPSA) is 74.2 Å². The molecule has 0 fully saturated rings. The summed E-state index contributed by atoms with van der Waals surface area (Å²) in [5, 5.41) is 12.5. The number of ether oxygens (including phenoxy) is 1. The Hall–Kier alpha value is -2.63. The van der Waals surface area contributed by atoms with Crippen LogP contribution in [-0.4, -0.2) is 22.5 Å². The van der Waals surface area contributed by atoms with E-state index < -0.39 is 0 Å². The molecule has 0 bridgehead atoms. The maximum absolute atomic E-state index is 5.81. The second-order valence-corrected chi connectivity index (χ2v) is 6.31. The summed E-state index contributed by atoms with van der Waals surface area (Å²) in [5.74, 6) is 3.41. The summed E-state index contributed by atoms with van der Waals surface area (Å²) in [5.41, 5.74) is 2.90. The van der Waals surface area contributed by atoms with Gasteiger partial charge in [-0.05, 0) is 36.5 Å². The van der Waals surface area contributed by atoms with E-state index in [-0.39, 0.29) is 0 Å². The van der Waals surface area contributed by atoms with Gasteiger partial charge in [0, 0.05) is 12.0 Å². The smallest absolute Gasteiger partial charge is 0.270 e. The predicted molar refractivity (Wildman–Crippen MR) is 86.8 cm³/mol. The number of aryl methyl sites for hydroxylation is 1. The number of rotatable bonds is 4. The van der Waals surface area contributed by atoms with E-state index >= 15 is 0 Å². The van der Waals surface area contributed by atoms with Gasteiger partial charge in [-0.15, -0.1) is 10.2 Å². The van der Waals surface area contributed by atoms with Gasteiger partial charge in [-0.1, -0.05) is 24.2 Å². The van der Waals surface area contributed by atoms with Gasteiger partial charge >= 0.3 is 0 Å². The minimum absolute atomic E-state index is 0.442. The van der Waals surface area contributed by atoms with E-state index in [2.05, 4.69) is 22.3 Å². The fraction of sp³-hybridized carbons (Fsp3) is 0.389. The first-order chi connectivity index (χ1) is 11.7. The van der Waals surface area contributed by atoms with Crippen LogP contribution < -0.4 is 4.74 Å². The molecule has 6 nitrogen and oxygen atoms in total. The van der Waals surface area contributed by atoms with Gasteiger partial charge in [-0.2, -0.15) is 0 Å². The molecule has 0 saturated carbocycles. The van der Waals surface area contributed by atoms with E-state index in [1.807, 2.05) is 24.3 Å². The summed E-state index contributed by atoms with van der Waals surface area (Å²) in [6, 6.07) is 7.81. The van der Waals surface area contributed by atoms with Crippen molar-refractivity contribution in [2.24, 2.45) is 5.92 Å². The van der Waals surface area contributed by atoms with Gasteiger partial charge in [0.15, 0.2) is 5.69 Å². The first-order valence-electron chi connectivity index (χ1n) is 8.16. The lowest BCUT2D eigenvalue weighted by Crippen LogP contribution is -2.09. The van der Waals surface area contributed by atoms with Crippen LogP contribution in [0, 0.1) is 5.92 Å². The maximum Gasteiger partial charge on any atom is 0.270 e. The zero-order chi connectivity index (χ0) is 16.5. The van der Waals surface area contributed by atoms with Crippen LogP contribution in [0.1, 0.15) is 36.1 Å². The van der Waals surface area contributed by atoms with E-state index in [4.69, 9.17) is 13.7 Å². The number of hydrogen-bond donors (Lipinski definition) is 0. The lowest BCUT2D eigenvalue weighted by Gasteiger charge is -2.15. The Morgan fingerprint density at radius 2 is 2.04 bits per heavy atom. The molecule has 24 heavy (non-hydrogen) atoms. The van der Waals surface area contributed by atoms with E-state index in [1.54, 1.807) is 7.11 Å². The van der Waals surface area contributed by atoms with Gasteiger partial charge in [0.1, 0.15) is 11.5 Å². The molecule has 1 atom stereocenters. The third kappa shape index (κ3) is 2.79. The summed E-state index contributed by atoms with van der Waals surface area (Å²) in [7, 11) is 1.65. The Morgan fingerprint density at radius 1 is 1.21 bits per heavy atom. The lowest BCUT2D eigenvalue weighted by molar-refractivity contribution is 0.356. The van der Waals surface area contributed by atoms with Crippen LogP contribution in [0.2, 0.25) is 0 Å². The van der Waals surface area contributed by atoms with Crippen molar-refractivity contribution in [3.05, 3.63) is 47.0 Å². The quantitative estimate of drug-likeness (QED) is 0.731. The maximum atomic E-state index is 5.81. The van der Waals surface area contributed by atoms with Crippen molar-refractivity contribution in [1.29, 1.82) is 0 Å². The standard InChI is InChI=1S/C18H19N3O3/c1-11-3-8-15-14(9-11)17(21-24-15)18-20-19-16(23-18)10-12-4-6-13(22-2)7-5-12/h4-7,11H,3,8-10H2,1-2H3. The van der Waals surface area contributed by atoms with Crippen LogP contribution in [0.5, 0.6) is 5.75 Å². The molecule has 3 aromatic rings. The zero-order valence-corrected chi connectivity index (χ0v) is 13.8. The first kappa shape index (κ1) is 14.9. The molecule has 0 saturated heterocycles. The second-order valence-electron chi connectivity index (χ2n) is 6.31. The third-order valence-corrected chi connectivity index (χ3v) is 4.47. The van der Waals surface area contributed by atoms with Crippen molar-refractivity contribution in [1.82, 2.24) is 15.4 Å². The molecular formula is C18H19N3O3. The highest BCUT2D eigenvalue weighted by atomic mass is 16.5. The molecule has 2 heterocycles. The van der Waals surface area contributed by atoms with Crippen molar-refractivity contribution in [2.75, 3.05) is 7.11 Å². The Bertz CT molecular complexity index is 836. The van der Waals surface area contributed by atoms with E-state index in [9.17, 15) is 0 Å². The van der Waals surface area contributed by atoms with Gasteiger partial charge < -0.3 is 13.7 Å². The SMILES string of the molecule is COc1ccc(Cc2nnc(-c3noc4c3CC(C)CC4)o2)cc1. The number of nitrogens with zero attached hydrogens (tertiary/aromatic N) is 3. The van der Waals surface area contributed by atoms with Crippen LogP contribution >= 0.6 is 0 Å². The van der Waals surface area contributed by atoms with Gasteiger partial charge in [0.2, 0.25) is 5.89 Å². The van der Waals surface area contributed by atoms with Gasteiger partial charge in [-0.3, -0.25) is 0 Å². The van der Waals surface area contributed by atoms with Crippen molar-refractivity contribution in [2.45, 2.75) is 32.6 Å². The van der Waals surface area contributed by atoms with Gasteiger partial charge in [0.25, 0.3) is 5.89 Å². The Morgan fingerprint density at radius 3 is 2.83 bits per heavy atom. The minimum Gasteiger partial charge on any atom is -0.497 e. The van der Waals surface area contributed by atoms with Crippen LogP contribution in [0.4, 0.5) is 0 Å². The van der Waals surface area contributed by atoms with Crippen molar-refractivity contribution >= 4 is 0 Å². The molecule has 1 unspecified atom stereocenters. The van der Waals surface area contributed by atoms with E-state index in [0.29, 0.717) is 29.8 Å². The number of benzene rings is 1. The second kappa shape index (κ2) is 6.11. The molecule has 2 aromatic heterocycles. The Balaban J connectivity index is 1.55. The molecule has 0 amide bonds. The summed E-state index contributed by atoms with van der Waals surface area (Å²) in [4.78, 5) is 0. The number of methoxy groups -OCH3 is 1. The van der Waals surface area contributed by atoms with Crippen molar-refractivity contribution in [3.8, 4) is 17.3 Å². The summed E-state index contributed by atoms with van der Waals surface area (Å²) < 4.78 is 16.4. The molecule has 0 radical (unpaired) electrons. The molecule has 0 N–H and O–H groups in total. The minimum atomic E-state index is 0.442. The van der Waals surface area contributed by atoms with E-state index in [1.165, 1.54) is 0 Å². The predicted octanol–water partition coefficient (Wildman–Crippen LogP) is 3.45. The molecule has 0 spiro atoms. The third-order valence-electron chi connectivity index (χ3n) is 4.47. The summed E-state index contributed by atoms with van der Waals surface area (Å²) in [6.45, 7) is 2.24. The first-order valence-corrected chi connectivity index (χ1v) is 8.16. The average molecular weight is 325 g/mol. The van der Waals surface area contributed by atoms with E-state index in [0.717, 1.165) is 41.9 Å². The number of fused-ring (bicyclic) bond motifs is 1.